The molecule has 0 aliphatic carbocycles. The Labute approximate surface area is 150 Å². The van der Waals surface area contributed by atoms with Gasteiger partial charge >= 0.3 is 0 Å². The summed E-state index contributed by atoms with van der Waals surface area (Å²) in [5.41, 5.74) is 0.490. The van der Waals surface area contributed by atoms with Crippen LogP contribution in [0.1, 0.15) is 0 Å². The van der Waals surface area contributed by atoms with Crippen LogP contribution in [0, 0.1) is 11.8 Å². The molecular formula is C17H14F4N4O2. The molecule has 4 rings (SSSR count). The molecule has 0 bridgehead atoms. The molecule has 0 N–H and O–H groups in total. The molecule has 3 heterocycles. The number of benzene rings is 1. The third-order valence-electron chi connectivity index (χ3n) is 4.01. The number of halogens is 4. The van der Waals surface area contributed by atoms with Gasteiger partial charge in [0.05, 0.1) is 17.4 Å². The van der Waals surface area contributed by atoms with E-state index in [1.165, 1.54) is 24.5 Å². The van der Waals surface area contributed by atoms with Gasteiger partial charge in [-0.1, -0.05) is 6.58 Å². The summed E-state index contributed by atoms with van der Waals surface area (Å²) >= 11 is 0. The number of alkyl halides is 2. The second-order valence-electron chi connectivity index (χ2n) is 5.52. The van der Waals surface area contributed by atoms with Crippen LogP contribution < -0.4 is 15.2 Å². The Morgan fingerprint density at radius 2 is 1.93 bits per heavy atom. The monoisotopic (exact) mass is 382 g/mol. The van der Waals surface area contributed by atoms with E-state index in [-0.39, 0.29) is 18.1 Å². The summed E-state index contributed by atoms with van der Waals surface area (Å²) in [5.74, 6) is -1.11. The first-order chi connectivity index (χ1) is 12.9. The van der Waals surface area contributed by atoms with Gasteiger partial charge in [-0.25, -0.2) is 22.7 Å². The van der Waals surface area contributed by atoms with Crippen LogP contribution in [-0.2, 0) is 0 Å². The minimum Gasteiger partial charge on any atom is -0.485 e. The van der Waals surface area contributed by atoms with E-state index in [0.717, 1.165) is 15.0 Å². The maximum absolute atomic E-state index is 14.6. The van der Waals surface area contributed by atoms with Gasteiger partial charge in [-0.3, -0.25) is 9.20 Å². The van der Waals surface area contributed by atoms with Crippen molar-refractivity contribution in [3.8, 4) is 11.4 Å². The number of nitrogens with zero attached hydrogens (tertiary/aromatic N) is 4. The number of imidazole rings is 1. The molecule has 1 aromatic carbocycles. The van der Waals surface area contributed by atoms with Gasteiger partial charge in [0, 0.05) is 31.2 Å². The fraction of sp³-hybridized carbons (Fsp3) is 0.176. The van der Waals surface area contributed by atoms with Gasteiger partial charge in [0.15, 0.2) is 5.82 Å². The number of anilines is 1. The van der Waals surface area contributed by atoms with Crippen LogP contribution in [0.4, 0.5) is 23.2 Å². The molecule has 10 heteroatoms. The van der Waals surface area contributed by atoms with Crippen LogP contribution in [0.2, 0.25) is 0 Å². The molecule has 27 heavy (non-hydrogen) atoms. The molecule has 6 nitrogen and oxygen atoms in total. The van der Waals surface area contributed by atoms with E-state index in [1.54, 1.807) is 11.9 Å². The van der Waals surface area contributed by atoms with E-state index < -0.39 is 24.3 Å². The predicted molar refractivity (Wildman–Crippen MR) is 90.8 cm³/mol. The van der Waals surface area contributed by atoms with E-state index in [0.29, 0.717) is 17.1 Å². The number of hydrogen-bond donors (Lipinski definition) is 0. The molecule has 0 fully saturated rings. The molecular weight excluding hydrogens is 368 g/mol. The summed E-state index contributed by atoms with van der Waals surface area (Å²) in [6, 6.07) is 3.44. The van der Waals surface area contributed by atoms with Gasteiger partial charge in [-0.05, 0) is 6.07 Å². The van der Waals surface area contributed by atoms with Crippen LogP contribution in [0.5, 0.6) is 5.75 Å². The van der Waals surface area contributed by atoms with Crippen LogP contribution >= 0.6 is 0 Å². The van der Waals surface area contributed by atoms with Crippen molar-refractivity contribution in [1.82, 2.24) is 14.0 Å². The number of aromatic nitrogens is 3. The Morgan fingerprint density at radius 3 is 2.63 bits per heavy atom. The molecule has 3 aromatic rings. The summed E-state index contributed by atoms with van der Waals surface area (Å²) < 4.78 is 55.2. The minimum absolute atomic E-state index is 0.0166. The van der Waals surface area contributed by atoms with Crippen molar-refractivity contribution >= 4 is 11.5 Å². The van der Waals surface area contributed by atoms with E-state index in [9.17, 15) is 22.4 Å². The van der Waals surface area contributed by atoms with Gasteiger partial charge in [0.1, 0.15) is 12.4 Å². The molecule has 0 amide bonds. The van der Waals surface area contributed by atoms with Gasteiger partial charge < -0.3 is 9.64 Å². The Hall–Kier alpha value is -3.30. The zero-order valence-corrected chi connectivity index (χ0v) is 14.1. The molecule has 142 valence electrons. The topological polar surface area (TPSA) is 51.8 Å². The molecule has 0 saturated carbocycles. The van der Waals surface area contributed by atoms with Gasteiger partial charge in [-0.2, -0.15) is 4.39 Å². The fourth-order valence-electron chi connectivity index (χ4n) is 2.70. The summed E-state index contributed by atoms with van der Waals surface area (Å²) in [6.07, 6.45) is 2.69. The standard InChI is InChI=1S/C16H12F2N4O2.CH2F2/c1-9-8-24-13-5-10(17)11(6-12(13)20(9)2)22-15(23)7-14(18)21-4-3-19-16(21)22;2-1-3/h3-7H,1,8H2,2H3;1H2. The quantitative estimate of drug-likeness (QED) is 0.480. The zero-order chi connectivity index (χ0) is 19.7. The summed E-state index contributed by atoms with van der Waals surface area (Å²) in [5, 5.41) is 0. The molecule has 0 atom stereocenters. The van der Waals surface area contributed by atoms with Crippen molar-refractivity contribution in [3.05, 3.63) is 65.0 Å². The number of ether oxygens (including phenoxy) is 1. The number of hydrogen-bond acceptors (Lipinski definition) is 4. The van der Waals surface area contributed by atoms with Gasteiger partial charge in [0.2, 0.25) is 18.7 Å². The number of fused-ring (bicyclic) bond motifs is 2. The molecule has 1 aliphatic rings. The van der Waals surface area contributed by atoms with E-state index in [1.807, 2.05) is 0 Å². The molecule has 0 radical (unpaired) electrons. The first-order valence-electron chi connectivity index (χ1n) is 7.63. The van der Waals surface area contributed by atoms with Crippen LogP contribution in [0.3, 0.4) is 0 Å². The Balaban J connectivity index is 0.000000659. The lowest BCUT2D eigenvalue weighted by molar-refractivity contribution is 0.295. The van der Waals surface area contributed by atoms with Crippen LogP contribution in [0.15, 0.2) is 47.7 Å². The highest BCUT2D eigenvalue weighted by Gasteiger charge is 2.23. The van der Waals surface area contributed by atoms with Crippen molar-refractivity contribution in [2.75, 3.05) is 25.5 Å². The highest BCUT2D eigenvalue weighted by atomic mass is 19.3. The lowest BCUT2D eigenvalue weighted by Gasteiger charge is -2.30. The number of rotatable bonds is 1. The van der Waals surface area contributed by atoms with Crippen molar-refractivity contribution in [3.63, 3.8) is 0 Å². The molecule has 0 saturated heterocycles. The highest BCUT2D eigenvalue weighted by Crippen LogP contribution is 2.37. The normalized spacial score (nSPS) is 13.1. The van der Waals surface area contributed by atoms with Crippen molar-refractivity contribution < 1.29 is 22.3 Å². The third kappa shape index (κ3) is 3.14. The average Bonchev–Trinajstić information content (AvgIpc) is 3.10. The van der Waals surface area contributed by atoms with Crippen molar-refractivity contribution in [1.29, 1.82) is 0 Å². The first kappa shape index (κ1) is 18.5. The zero-order valence-electron chi connectivity index (χ0n) is 14.1. The lowest BCUT2D eigenvalue weighted by Crippen LogP contribution is -2.27. The average molecular weight is 382 g/mol. The van der Waals surface area contributed by atoms with E-state index in [2.05, 4.69) is 11.6 Å². The Bertz CT molecular complexity index is 1080. The fourth-order valence-corrected chi connectivity index (χ4v) is 2.70. The SMILES string of the molecule is C=C1COc2cc(F)c(-n3c(=O)cc(F)n4ccnc34)cc2N1C.FCF. The van der Waals surface area contributed by atoms with Crippen molar-refractivity contribution in [2.45, 2.75) is 0 Å². The maximum Gasteiger partial charge on any atom is 0.262 e. The Kier molecular flexibility index (Phi) is 4.89. The maximum atomic E-state index is 14.6. The van der Waals surface area contributed by atoms with Gasteiger partial charge in [-0.15, -0.1) is 0 Å². The minimum atomic E-state index is -1.75. The molecule has 1 aliphatic heterocycles. The summed E-state index contributed by atoms with van der Waals surface area (Å²) in [4.78, 5) is 18.0. The number of likely N-dealkylation sites (N-methyl/N-ethyl adjacent to an activating group) is 1. The lowest BCUT2D eigenvalue weighted by atomic mass is 10.2. The Morgan fingerprint density at radius 1 is 1.22 bits per heavy atom. The second kappa shape index (κ2) is 7.14. The first-order valence-corrected chi connectivity index (χ1v) is 7.63. The van der Waals surface area contributed by atoms with Crippen molar-refractivity contribution in [2.24, 2.45) is 0 Å². The van der Waals surface area contributed by atoms with Crippen LogP contribution in [-0.4, -0.2) is 34.5 Å². The highest BCUT2D eigenvalue weighted by molar-refractivity contribution is 5.68. The third-order valence-corrected chi connectivity index (χ3v) is 4.01. The van der Waals surface area contributed by atoms with E-state index >= 15 is 0 Å². The summed E-state index contributed by atoms with van der Waals surface area (Å²) in [6.45, 7) is 2.37. The second-order valence-corrected chi connectivity index (χ2v) is 5.52. The van der Waals surface area contributed by atoms with E-state index in [4.69, 9.17) is 4.74 Å². The molecule has 0 unspecified atom stereocenters. The van der Waals surface area contributed by atoms with Gasteiger partial charge in [0.25, 0.3) is 5.56 Å². The molecule has 0 spiro atoms. The largest absolute Gasteiger partial charge is 0.485 e. The smallest absolute Gasteiger partial charge is 0.262 e. The summed E-state index contributed by atoms with van der Waals surface area (Å²) in [7, 11) is 1.77. The predicted octanol–water partition coefficient (Wildman–Crippen LogP) is 2.99. The molecule has 2 aromatic heterocycles. The van der Waals surface area contributed by atoms with Crippen LogP contribution in [0.25, 0.3) is 11.5 Å².